The van der Waals surface area contributed by atoms with Gasteiger partial charge >= 0.3 is 0 Å². The summed E-state index contributed by atoms with van der Waals surface area (Å²) in [4.78, 5) is 12.6. The van der Waals surface area contributed by atoms with Crippen LogP contribution in [0.25, 0.3) is 5.69 Å². The van der Waals surface area contributed by atoms with E-state index in [2.05, 4.69) is 26.3 Å². The number of fused-ring (bicyclic) bond motifs is 1. The molecule has 5 nitrogen and oxygen atoms in total. The SMILES string of the molecule is O=C(Nc1c2c(nn1-c1ccccc1)C[S@](=O)C2)c1ccc(Br)cc1. The number of hydrogen-bond acceptors (Lipinski definition) is 3. The van der Waals surface area contributed by atoms with Crippen LogP contribution in [-0.4, -0.2) is 19.9 Å². The molecule has 1 N–H and O–H groups in total. The van der Waals surface area contributed by atoms with E-state index in [1.54, 1.807) is 16.8 Å². The molecule has 1 amide bonds. The number of amides is 1. The van der Waals surface area contributed by atoms with Crippen molar-refractivity contribution in [2.24, 2.45) is 0 Å². The van der Waals surface area contributed by atoms with Crippen molar-refractivity contribution in [3.8, 4) is 5.69 Å². The van der Waals surface area contributed by atoms with Crippen molar-refractivity contribution in [1.29, 1.82) is 0 Å². The first kappa shape index (κ1) is 16.2. The van der Waals surface area contributed by atoms with Crippen LogP contribution < -0.4 is 5.32 Å². The van der Waals surface area contributed by atoms with Crippen molar-refractivity contribution in [3.05, 3.63) is 75.9 Å². The van der Waals surface area contributed by atoms with Crippen molar-refractivity contribution < 1.29 is 9.00 Å². The third-order valence-electron chi connectivity index (χ3n) is 4.01. The van der Waals surface area contributed by atoms with E-state index >= 15 is 0 Å². The number of anilines is 1. The summed E-state index contributed by atoms with van der Waals surface area (Å²) in [6.45, 7) is 0. The van der Waals surface area contributed by atoms with E-state index in [4.69, 9.17) is 0 Å². The summed E-state index contributed by atoms with van der Waals surface area (Å²) in [5.41, 5.74) is 3.05. The van der Waals surface area contributed by atoms with Crippen molar-refractivity contribution >= 4 is 38.5 Å². The van der Waals surface area contributed by atoms with Gasteiger partial charge in [-0.25, -0.2) is 4.68 Å². The molecule has 3 aromatic rings. The fourth-order valence-electron chi connectivity index (χ4n) is 2.79. The van der Waals surface area contributed by atoms with Gasteiger partial charge in [0.2, 0.25) is 0 Å². The second-order valence-corrected chi connectivity index (χ2v) is 8.08. The number of carbonyl (C=O) groups is 1. The van der Waals surface area contributed by atoms with Gasteiger partial charge in [-0.2, -0.15) is 5.10 Å². The Kier molecular flexibility index (Phi) is 4.27. The molecule has 1 atom stereocenters. The Balaban J connectivity index is 1.74. The Morgan fingerprint density at radius 3 is 2.52 bits per heavy atom. The van der Waals surface area contributed by atoms with E-state index in [1.807, 2.05) is 42.5 Å². The second kappa shape index (κ2) is 6.57. The van der Waals surface area contributed by atoms with E-state index in [1.165, 1.54) is 0 Å². The molecule has 0 radical (unpaired) electrons. The predicted octanol–water partition coefficient (Wildman–Crippen LogP) is 3.65. The van der Waals surface area contributed by atoms with Crippen LogP contribution in [0.4, 0.5) is 5.82 Å². The molecule has 2 aromatic carbocycles. The lowest BCUT2D eigenvalue weighted by Crippen LogP contribution is -2.16. The molecule has 0 aliphatic carbocycles. The van der Waals surface area contributed by atoms with Crippen molar-refractivity contribution in [3.63, 3.8) is 0 Å². The van der Waals surface area contributed by atoms with E-state index < -0.39 is 10.8 Å². The zero-order valence-electron chi connectivity index (χ0n) is 13.1. The third-order valence-corrected chi connectivity index (χ3v) is 5.74. The number of rotatable bonds is 3. The molecule has 0 saturated heterocycles. The molecule has 1 aliphatic heterocycles. The van der Waals surface area contributed by atoms with Gasteiger partial charge in [-0.05, 0) is 36.4 Å². The van der Waals surface area contributed by atoms with Gasteiger partial charge in [-0.3, -0.25) is 9.00 Å². The average molecular weight is 416 g/mol. The van der Waals surface area contributed by atoms with Gasteiger partial charge in [0.05, 0.1) is 22.9 Å². The summed E-state index contributed by atoms with van der Waals surface area (Å²) in [6, 6.07) is 16.8. The van der Waals surface area contributed by atoms with Crippen LogP contribution in [0.3, 0.4) is 0 Å². The number of benzene rings is 2. The van der Waals surface area contributed by atoms with Crippen LogP contribution in [0.15, 0.2) is 59.1 Å². The Morgan fingerprint density at radius 2 is 1.80 bits per heavy atom. The topological polar surface area (TPSA) is 64.0 Å². The summed E-state index contributed by atoms with van der Waals surface area (Å²) in [7, 11) is -0.959. The van der Waals surface area contributed by atoms with Crippen LogP contribution in [0.5, 0.6) is 0 Å². The molecule has 4 rings (SSSR count). The number of nitrogens with zero attached hydrogens (tertiary/aromatic N) is 2. The zero-order valence-corrected chi connectivity index (χ0v) is 15.5. The molecule has 0 saturated carbocycles. The lowest BCUT2D eigenvalue weighted by molar-refractivity contribution is 0.102. The van der Waals surface area contributed by atoms with Gasteiger partial charge < -0.3 is 5.32 Å². The number of aromatic nitrogens is 2. The molecule has 25 heavy (non-hydrogen) atoms. The fraction of sp³-hybridized carbons (Fsp3) is 0.111. The molecule has 126 valence electrons. The minimum absolute atomic E-state index is 0.218. The molecular weight excluding hydrogens is 402 g/mol. The summed E-state index contributed by atoms with van der Waals surface area (Å²) in [5, 5.41) is 7.53. The highest BCUT2D eigenvalue weighted by Crippen LogP contribution is 2.31. The van der Waals surface area contributed by atoms with Gasteiger partial charge in [0, 0.05) is 26.4 Å². The Labute approximate surface area is 155 Å². The number of halogens is 1. The summed E-state index contributed by atoms with van der Waals surface area (Å²) < 4.78 is 14.5. The highest BCUT2D eigenvalue weighted by atomic mass is 79.9. The maximum absolute atomic E-state index is 12.6. The normalized spacial score (nSPS) is 15.8. The first-order valence-electron chi connectivity index (χ1n) is 7.70. The van der Waals surface area contributed by atoms with Crippen LogP contribution in [0.1, 0.15) is 21.6 Å². The molecular formula is C18H14BrN3O2S. The van der Waals surface area contributed by atoms with Gasteiger partial charge in [0.1, 0.15) is 5.82 Å². The van der Waals surface area contributed by atoms with Crippen LogP contribution in [0.2, 0.25) is 0 Å². The number of carbonyl (C=O) groups excluding carboxylic acids is 1. The Morgan fingerprint density at radius 1 is 1.08 bits per heavy atom. The molecule has 1 aromatic heterocycles. The van der Waals surface area contributed by atoms with Crippen LogP contribution in [0, 0.1) is 0 Å². The van der Waals surface area contributed by atoms with Gasteiger partial charge in [0.15, 0.2) is 0 Å². The first-order chi connectivity index (χ1) is 12.1. The molecule has 1 aliphatic rings. The molecule has 0 spiro atoms. The maximum atomic E-state index is 12.6. The van der Waals surface area contributed by atoms with E-state index in [9.17, 15) is 9.00 Å². The van der Waals surface area contributed by atoms with Crippen LogP contribution in [-0.2, 0) is 22.3 Å². The standard InChI is InChI=1S/C18H14BrN3O2S/c19-13-8-6-12(7-9-13)18(23)20-17-15-10-25(24)11-16(15)21-22(17)14-4-2-1-3-5-14/h1-9H,10-11H2,(H,20,23)/t25-/m1/s1. The maximum Gasteiger partial charge on any atom is 0.256 e. The quantitative estimate of drug-likeness (QED) is 0.709. The minimum Gasteiger partial charge on any atom is -0.306 e. The van der Waals surface area contributed by atoms with Crippen molar-refractivity contribution in [1.82, 2.24) is 9.78 Å². The van der Waals surface area contributed by atoms with E-state index in [0.29, 0.717) is 22.9 Å². The van der Waals surface area contributed by atoms with Gasteiger partial charge in [0.25, 0.3) is 5.91 Å². The minimum atomic E-state index is -0.959. The first-order valence-corrected chi connectivity index (χ1v) is 9.98. The number of para-hydroxylation sites is 1. The van der Waals surface area contributed by atoms with Gasteiger partial charge in [-0.1, -0.05) is 34.1 Å². The summed E-state index contributed by atoms with van der Waals surface area (Å²) in [6.07, 6.45) is 0. The van der Waals surface area contributed by atoms with Crippen LogP contribution >= 0.6 is 15.9 Å². The highest BCUT2D eigenvalue weighted by Gasteiger charge is 2.28. The highest BCUT2D eigenvalue weighted by molar-refractivity contribution is 9.10. The average Bonchev–Trinajstić information content (AvgIpc) is 3.13. The Bertz CT molecular complexity index is 968. The van der Waals surface area contributed by atoms with E-state index in [0.717, 1.165) is 21.4 Å². The predicted molar refractivity (Wildman–Crippen MR) is 101 cm³/mol. The van der Waals surface area contributed by atoms with Crippen molar-refractivity contribution in [2.45, 2.75) is 11.5 Å². The monoisotopic (exact) mass is 415 g/mol. The molecule has 0 bridgehead atoms. The third kappa shape index (κ3) is 3.17. The van der Waals surface area contributed by atoms with Gasteiger partial charge in [-0.15, -0.1) is 0 Å². The molecule has 2 heterocycles. The van der Waals surface area contributed by atoms with E-state index in [-0.39, 0.29) is 5.91 Å². The molecule has 0 fully saturated rings. The number of nitrogens with one attached hydrogen (secondary N) is 1. The summed E-state index contributed by atoms with van der Waals surface area (Å²) in [5.74, 6) is 1.22. The lowest BCUT2D eigenvalue weighted by Gasteiger charge is -2.11. The van der Waals surface area contributed by atoms with Crippen molar-refractivity contribution in [2.75, 3.05) is 5.32 Å². The zero-order chi connectivity index (χ0) is 17.4. The summed E-state index contributed by atoms with van der Waals surface area (Å²) >= 11 is 3.36. The second-order valence-electron chi connectivity index (χ2n) is 5.71. The Hall–Kier alpha value is -2.25. The largest absolute Gasteiger partial charge is 0.306 e. The number of hydrogen-bond donors (Lipinski definition) is 1. The smallest absolute Gasteiger partial charge is 0.256 e. The molecule has 7 heteroatoms. The molecule has 0 unspecified atom stereocenters. The fourth-order valence-corrected chi connectivity index (χ4v) is 4.32. The lowest BCUT2D eigenvalue weighted by atomic mass is 10.2.